The van der Waals surface area contributed by atoms with Crippen LogP contribution in [-0.2, 0) is 6.54 Å². The van der Waals surface area contributed by atoms with Crippen molar-refractivity contribution in [2.24, 2.45) is 0 Å². The lowest BCUT2D eigenvalue weighted by atomic mass is 10.5. The summed E-state index contributed by atoms with van der Waals surface area (Å²) in [6.07, 6.45) is 3.43. The lowest BCUT2D eigenvalue weighted by molar-refractivity contribution is 0.682. The number of aromatic nitrogens is 4. The highest BCUT2D eigenvalue weighted by Gasteiger charge is 2.02. The molecular formula is C8H11N5. The predicted molar refractivity (Wildman–Crippen MR) is 48.2 cm³/mol. The van der Waals surface area contributed by atoms with E-state index in [-0.39, 0.29) is 0 Å². The van der Waals surface area contributed by atoms with Gasteiger partial charge in [-0.05, 0) is 6.54 Å². The minimum absolute atomic E-state index is 0.726. The van der Waals surface area contributed by atoms with Gasteiger partial charge in [0.15, 0.2) is 11.5 Å². The maximum absolute atomic E-state index is 4.04. The van der Waals surface area contributed by atoms with Crippen LogP contribution in [0.3, 0.4) is 0 Å². The Morgan fingerprint density at radius 1 is 1.46 bits per heavy atom. The second kappa shape index (κ2) is 3.49. The fourth-order valence-corrected chi connectivity index (χ4v) is 1.15. The minimum Gasteiger partial charge on any atom is -0.310 e. The van der Waals surface area contributed by atoms with Gasteiger partial charge in [-0.15, -0.1) is 10.2 Å². The highest BCUT2D eigenvalue weighted by atomic mass is 15.3. The van der Waals surface area contributed by atoms with E-state index in [1.165, 1.54) is 0 Å². The Morgan fingerprint density at radius 2 is 2.38 bits per heavy atom. The molecule has 0 aliphatic rings. The molecule has 68 valence electrons. The van der Waals surface area contributed by atoms with E-state index in [9.17, 15) is 0 Å². The number of fused-ring (bicyclic) bond motifs is 1. The lowest BCUT2D eigenvalue weighted by Crippen LogP contribution is -2.14. The Morgan fingerprint density at radius 3 is 3.23 bits per heavy atom. The molecular weight excluding hydrogens is 166 g/mol. The van der Waals surface area contributed by atoms with E-state index < -0.39 is 0 Å². The van der Waals surface area contributed by atoms with Crippen LogP contribution in [0.2, 0.25) is 0 Å². The normalized spacial score (nSPS) is 10.8. The van der Waals surface area contributed by atoms with Crippen LogP contribution in [0, 0.1) is 0 Å². The van der Waals surface area contributed by atoms with Gasteiger partial charge >= 0.3 is 0 Å². The quantitative estimate of drug-likeness (QED) is 0.729. The molecule has 5 heteroatoms. The van der Waals surface area contributed by atoms with Crippen LogP contribution in [0.25, 0.3) is 5.65 Å². The third-order valence-electron chi connectivity index (χ3n) is 1.82. The smallest absolute Gasteiger partial charge is 0.163 e. The maximum atomic E-state index is 4.04. The zero-order valence-corrected chi connectivity index (χ0v) is 7.44. The summed E-state index contributed by atoms with van der Waals surface area (Å²) in [7, 11) is 0. The van der Waals surface area contributed by atoms with E-state index in [1.807, 2.05) is 10.5 Å². The van der Waals surface area contributed by atoms with Crippen LogP contribution < -0.4 is 5.32 Å². The first-order chi connectivity index (χ1) is 6.42. The second-order valence-electron chi connectivity index (χ2n) is 2.71. The Labute approximate surface area is 75.8 Å². The first-order valence-corrected chi connectivity index (χ1v) is 4.26. The van der Waals surface area contributed by atoms with Gasteiger partial charge in [0, 0.05) is 12.3 Å². The molecule has 2 aromatic heterocycles. The fourth-order valence-electron chi connectivity index (χ4n) is 1.15. The fraction of sp³-hybridized carbons (Fsp3) is 0.375. The first-order valence-electron chi connectivity index (χ1n) is 4.26. The SMILES string of the molecule is CCNCc1nnc2ccncn12. The molecule has 2 heterocycles. The minimum atomic E-state index is 0.726. The van der Waals surface area contributed by atoms with Crippen LogP contribution in [0.1, 0.15) is 12.7 Å². The number of nitrogens with one attached hydrogen (secondary N) is 1. The standard InChI is InChI=1S/C8H11N5/c1-2-9-5-8-12-11-7-3-4-10-6-13(7)8/h3-4,6,9H,2,5H2,1H3. The van der Waals surface area contributed by atoms with Crippen molar-refractivity contribution in [3.8, 4) is 0 Å². The first kappa shape index (κ1) is 8.12. The summed E-state index contributed by atoms with van der Waals surface area (Å²) >= 11 is 0. The summed E-state index contributed by atoms with van der Waals surface area (Å²) in [5.74, 6) is 0.893. The van der Waals surface area contributed by atoms with Crippen LogP contribution in [-0.4, -0.2) is 26.1 Å². The molecule has 13 heavy (non-hydrogen) atoms. The molecule has 0 unspecified atom stereocenters. The van der Waals surface area contributed by atoms with Crippen molar-refractivity contribution in [3.63, 3.8) is 0 Å². The number of nitrogens with zero attached hydrogens (tertiary/aromatic N) is 4. The van der Waals surface area contributed by atoms with E-state index in [2.05, 4.69) is 27.4 Å². The van der Waals surface area contributed by atoms with Crippen LogP contribution in [0.5, 0.6) is 0 Å². The lowest BCUT2D eigenvalue weighted by Gasteiger charge is -1.98. The zero-order chi connectivity index (χ0) is 9.10. The summed E-state index contributed by atoms with van der Waals surface area (Å²) in [6.45, 7) is 3.71. The molecule has 0 aliphatic heterocycles. The Hall–Kier alpha value is -1.49. The number of hydrogen-bond donors (Lipinski definition) is 1. The average molecular weight is 177 g/mol. The highest BCUT2D eigenvalue weighted by Crippen LogP contribution is 1.99. The zero-order valence-electron chi connectivity index (χ0n) is 7.44. The molecule has 0 saturated heterocycles. The van der Waals surface area contributed by atoms with Crippen LogP contribution >= 0.6 is 0 Å². The topological polar surface area (TPSA) is 55.1 Å². The Bertz CT molecular complexity index is 394. The summed E-state index contributed by atoms with van der Waals surface area (Å²) < 4.78 is 1.88. The summed E-state index contributed by atoms with van der Waals surface area (Å²) in [4.78, 5) is 4.01. The second-order valence-corrected chi connectivity index (χ2v) is 2.71. The molecule has 0 aromatic carbocycles. The van der Waals surface area contributed by atoms with Crippen molar-refractivity contribution in [1.29, 1.82) is 0 Å². The number of rotatable bonds is 3. The molecule has 0 bridgehead atoms. The van der Waals surface area contributed by atoms with E-state index in [4.69, 9.17) is 0 Å². The Kier molecular flexibility index (Phi) is 2.18. The molecule has 2 rings (SSSR count). The van der Waals surface area contributed by atoms with Crippen molar-refractivity contribution >= 4 is 5.65 Å². The van der Waals surface area contributed by atoms with Gasteiger partial charge in [0.05, 0.1) is 6.54 Å². The van der Waals surface area contributed by atoms with E-state index in [1.54, 1.807) is 12.5 Å². The van der Waals surface area contributed by atoms with Crippen molar-refractivity contribution in [1.82, 2.24) is 24.9 Å². The van der Waals surface area contributed by atoms with E-state index >= 15 is 0 Å². The van der Waals surface area contributed by atoms with E-state index in [0.29, 0.717) is 0 Å². The highest BCUT2D eigenvalue weighted by molar-refractivity contribution is 5.35. The summed E-state index contributed by atoms with van der Waals surface area (Å²) in [6, 6.07) is 1.84. The van der Waals surface area contributed by atoms with Crippen molar-refractivity contribution in [3.05, 3.63) is 24.4 Å². The average Bonchev–Trinajstić information content (AvgIpc) is 2.58. The molecule has 0 amide bonds. The van der Waals surface area contributed by atoms with Crippen LogP contribution in [0.4, 0.5) is 0 Å². The number of hydrogen-bond acceptors (Lipinski definition) is 4. The predicted octanol–water partition coefficient (Wildman–Crippen LogP) is 0.234. The molecule has 5 nitrogen and oxygen atoms in total. The molecule has 0 spiro atoms. The third-order valence-corrected chi connectivity index (χ3v) is 1.82. The van der Waals surface area contributed by atoms with Gasteiger partial charge in [0.1, 0.15) is 6.33 Å². The maximum Gasteiger partial charge on any atom is 0.163 e. The Balaban J connectivity index is 2.35. The molecule has 0 fully saturated rings. The molecule has 2 aromatic rings. The molecule has 0 atom stereocenters. The van der Waals surface area contributed by atoms with Gasteiger partial charge in [-0.1, -0.05) is 6.92 Å². The van der Waals surface area contributed by atoms with Crippen molar-refractivity contribution < 1.29 is 0 Å². The molecule has 0 aliphatic carbocycles. The molecule has 1 N–H and O–H groups in total. The van der Waals surface area contributed by atoms with Crippen molar-refractivity contribution in [2.75, 3.05) is 6.54 Å². The molecule has 0 saturated carbocycles. The van der Waals surface area contributed by atoms with E-state index in [0.717, 1.165) is 24.6 Å². The van der Waals surface area contributed by atoms with Gasteiger partial charge in [0.2, 0.25) is 0 Å². The summed E-state index contributed by atoms with van der Waals surface area (Å²) in [5.41, 5.74) is 0.836. The largest absolute Gasteiger partial charge is 0.310 e. The van der Waals surface area contributed by atoms with Gasteiger partial charge < -0.3 is 5.32 Å². The van der Waals surface area contributed by atoms with Crippen LogP contribution in [0.15, 0.2) is 18.6 Å². The van der Waals surface area contributed by atoms with Gasteiger partial charge in [-0.3, -0.25) is 4.40 Å². The van der Waals surface area contributed by atoms with Crippen molar-refractivity contribution in [2.45, 2.75) is 13.5 Å². The molecule has 0 radical (unpaired) electrons. The summed E-state index contributed by atoms with van der Waals surface area (Å²) in [5, 5.41) is 11.2. The third kappa shape index (κ3) is 1.50. The monoisotopic (exact) mass is 177 g/mol. The van der Waals surface area contributed by atoms with Gasteiger partial charge in [0.25, 0.3) is 0 Å². The van der Waals surface area contributed by atoms with Gasteiger partial charge in [-0.25, -0.2) is 4.98 Å². The van der Waals surface area contributed by atoms with Gasteiger partial charge in [-0.2, -0.15) is 0 Å².